The van der Waals surface area contributed by atoms with Crippen LogP contribution in [0.3, 0.4) is 0 Å². The zero-order valence-electron chi connectivity index (χ0n) is 8.50. The van der Waals surface area contributed by atoms with E-state index in [9.17, 15) is 13.6 Å². The molecule has 90 valence electrons. The summed E-state index contributed by atoms with van der Waals surface area (Å²) >= 11 is 0. The Morgan fingerprint density at radius 2 is 2.00 bits per heavy atom. The smallest absolute Gasteiger partial charge is 0.224 e. The van der Waals surface area contributed by atoms with Gasteiger partial charge in [0.2, 0.25) is 5.91 Å². The number of carbonyl (C=O) groups is 1. The maximum absolute atomic E-state index is 12.7. The number of hydrogen-bond donors (Lipinski definition) is 2. The number of anilines is 1. The summed E-state index contributed by atoms with van der Waals surface area (Å²) in [5, 5.41) is 2.44. The summed E-state index contributed by atoms with van der Waals surface area (Å²) < 4.78 is 25.3. The van der Waals surface area contributed by atoms with E-state index in [4.69, 9.17) is 5.73 Å². The Balaban J connectivity index is 0.00000225. The highest BCUT2D eigenvalue weighted by Crippen LogP contribution is 2.13. The van der Waals surface area contributed by atoms with Gasteiger partial charge in [-0.15, -0.1) is 12.4 Å². The van der Waals surface area contributed by atoms with Crippen LogP contribution < -0.4 is 11.1 Å². The fourth-order valence-corrected chi connectivity index (χ4v) is 1.06. The van der Waals surface area contributed by atoms with Crippen molar-refractivity contribution in [2.24, 2.45) is 5.73 Å². The van der Waals surface area contributed by atoms with Gasteiger partial charge in [0.05, 0.1) is 0 Å². The van der Waals surface area contributed by atoms with E-state index in [2.05, 4.69) is 5.32 Å². The molecule has 0 aliphatic heterocycles. The highest BCUT2D eigenvalue weighted by atomic mass is 35.5. The van der Waals surface area contributed by atoms with Gasteiger partial charge in [-0.25, -0.2) is 8.78 Å². The minimum absolute atomic E-state index is 0. The average Bonchev–Trinajstić information content (AvgIpc) is 2.20. The molecule has 0 saturated heterocycles. The van der Waals surface area contributed by atoms with Gasteiger partial charge in [0.25, 0.3) is 0 Å². The second kappa shape index (κ2) is 7.14. The molecule has 3 N–H and O–H groups in total. The summed E-state index contributed by atoms with van der Waals surface area (Å²) in [4.78, 5) is 11.2. The van der Waals surface area contributed by atoms with Crippen LogP contribution >= 0.6 is 12.4 Å². The molecule has 3 nitrogen and oxygen atoms in total. The summed E-state index contributed by atoms with van der Waals surface area (Å²) in [5.74, 6) is -2.17. The highest BCUT2D eigenvalue weighted by molar-refractivity contribution is 5.90. The van der Waals surface area contributed by atoms with Gasteiger partial charge < -0.3 is 11.1 Å². The van der Waals surface area contributed by atoms with Crippen molar-refractivity contribution in [2.75, 3.05) is 11.9 Å². The van der Waals surface area contributed by atoms with Gasteiger partial charge in [0.15, 0.2) is 11.6 Å². The van der Waals surface area contributed by atoms with Crippen LogP contribution in [0.4, 0.5) is 14.5 Å². The van der Waals surface area contributed by atoms with Crippen molar-refractivity contribution in [1.29, 1.82) is 0 Å². The van der Waals surface area contributed by atoms with Gasteiger partial charge in [0.1, 0.15) is 0 Å². The van der Waals surface area contributed by atoms with E-state index in [0.29, 0.717) is 13.0 Å². The molecule has 0 saturated carbocycles. The molecule has 0 atom stereocenters. The van der Waals surface area contributed by atoms with Crippen molar-refractivity contribution >= 4 is 24.0 Å². The molecule has 0 aliphatic carbocycles. The van der Waals surface area contributed by atoms with Gasteiger partial charge in [-0.2, -0.15) is 0 Å². The third-order valence-corrected chi connectivity index (χ3v) is 1.81. The Bertz CT molecular complexity index is 361. The number of carbonyl (C=O) groups excluding carboxylic acids is 1. The van der Waals surface area contributed by atoms with Crippen LogP contribution in [0.5, 0.6) is 0 Å². The molecule has 1 amide bonds. The van der Waals surface area contributed by atoms with Gasteiger partial charge >= 0.3 is 0 Å². The van der Waals surface area contributed by atoms with E-state index >= 15 is 0 Å². The van der Waals surface area contributed by atoms with E-state index in [1.54, 1.807) is 0 Å². The van der Waals surface area contributed by atoms with Crippen molar-refractivity contribution < 1.29 is 13.6 Å². The van der Waals surface area contributed by atoms with Gasteiger partial charge in [-0.05, 0) is 25.1 Å². The Morgan fingerprint density at radius 3 is 2.56 bits per heavy atom. The van der Waals surface area contributed by atoms with Gasteiger partial charge in [-0.1, -0.05) is 0 Å². The first-order chi connectivity index (χ1) is 7.13. The number of nitrogens with two attached hydrogens (primary N) is 1. The predicted octanol–water partition coefficient (Wildman–Crippen LogP) is 2.06. The van der Waals surface area contributed by atoms with Crippen LogP contribution in [-0.2, 0) is 4.79 Å². The Kier molecular flexibility index (Phi) is 6.60. The largest absolute Gasteiger partial charge is 0.330 e. The molecule has 0 unspecified atom stereocenters. The minimum Gasteiger partial charge on any atom is -0.330 e. The fourth-order valence-electron chi connectivity index (χ4n) is 1.06. The molecule has 0 aromatic heterocycles. The number of rotatable bonds is 4. The minimum atomic E-state index is -0.980. The Labute approximate surface area is 98.4 Å². The number of halogens is 3. The number of nitrogens with one attached hydrogen (secondary N) is 1. The molecule has 16 heavy (non-hydrogen) atoms. The van der Waals surface area contributed by atoms with Crippen LogP contribution in [0.1, 0.15) is 12.8 Å². The van der Waals surface area contributed by atoms with Crippen LogP contribution in [0, 0.1) is 11.6 Å². The first-order valence-corrected chi connectivity index (χ1v) is 4.58. The lowest BCUT2D eigenvalue weighted by Gasteiger charge is -2.04. The van der Waals surface area contributed by atoms with Gasteiger partial charge in [0, 0.05) is 18.2 Å². The van der Waals surface area contributed by atoms with E-state index in [0.717, 1.165) is 12.1 Å². The molecule has 0 radical (unpaired) electrons. The molecule has 0 spiro atoms. The maximum Gasteiger partial charge on any atom is 0.224 e. The topological polar surface area (TPSA) is 55.1 Å². The maximum atomic E-state index is 12.7. The zero-order chi connectivity index (χ0) is 11.3. The predicted molar refractivity (Wildman–Crippen MR) is 60.5 cm³/mol. The van der Waals surface area contributed by atoms with Crippen molar-refractivity contribution in [1.82, 2.24) is 0 Å². The monoisotopic (exact) mass is 250 g/mol. The molecule has 0 bridgehead atoms. The quantitative estimate of drug-likeness (QED) is 0.860. The van der Waals surface area contributed by atoms with Crippen molar-refractivity contribution in [3.8, 4) is 0 Å². The summed E-state index contributed by atoms with van der Waals surface area (Å²) in [6.07, 6.45) is 0.838. The molecular formula is C10H13ClF2N2O. The summed E-state index contributed by atoms with van der Waals surface area (Å²) in [6.45, 7) is 0.422. The van der Waals surface area contributed by atoms with Crippen LogP contribution in [0.25, 0.3) is 0 Å². The summed E-state index contributed by atoms with van der Waals surface area (Å²) in [5.41, 5.74) is 5.47. The molecule has 0 aliphatic rings. The molecular weight excluding hydrogens is 238 g/mol. The van der Waals surface area contributed by atoms with Crippen molar-refractivity contribution in [3.63, 3.8) is 0 Å². The third-order valence-electron chi connectivity index (χ3n) is 1.81. The number of amides is 1. The third kappa shape index (κ3) is 4.55. The SMILES string of the molecule is Cl.NCCCC(=O)Nc1ccc(F)c(F)c1. The second-order valence-corrected chi connectivity index (χ2v) is 3.07. The van der Waals surface area contributed by atoms with Gasteiger partial charge in [-0.3, -0.25) is 4.79 Å². The second-order valence-electron chi connectivity index (χ2n) is 3.07. The normalized spacial score (nSPS) is 9.44. The van der Waals surface area contributed by atoms with E-state index in [1.165, 1.54) is 6.07 Å². The molecule has 1 aromatic carbocycles. The van der Waals surface area contributed by atoms with E-state index in [-0.39, 0.29) is 30.4 Å². The first-order valence-electron chi connectivity index (χ1n) is 4.58. The lowest BCUT2D eigenvalue weighted by atomic mass is 10.2. The molecule has 1 rings (SSSR count). The van der Waals surface area contributed by atoms with Crippen LogP contribution in [-0.4, -0.2) is 12.5 Å². The lowest BCUT2D eigenvalue weighted by molar-refractivity contribution is -0.116. The van der Waals surface area contributed by atoms with Crippen LogP contribution in [0.15, 0.2) is 18.2 Å². The summed E-state index contributed by atoms with van der Waals surface area (Å²) in [7, 11) is 0. The van der Waals surface area contributed by atoms with Crippen molar-refractivity contribution in [3.05, 3.63) is 29.8 Å². The lowest BCUT2D eigenvalue weighted by Crippen LogP contribution is -2.13. The number of benzene rings is 1. The number of hydrogen-bond acceptors (Lipinski definition) is 2. The highest BCUT2D eigenvalue weighted by Gasteiger charge is 2.05. The standard InChI is InChI=1S/C10H12F2N2O.ClH/c11-8-4-3-7(6-9(8)12)14-10(15)2-1-5-13;/h3-4,6H,1-2,5,13H2,(H,14,15);1H. The molecule has 6 heteroatoms. The van der Waals surface area contributed by atoms with Crippen LogP contribution in [0.2, 0.25) is 0 Å². The zero-order valence-corrected chi connectivity index (χ0v) is 9.32. The first kappa shape index (κ1) is 14.8. The molecule has 0 heterocycles. The fraction of sp³-hybridized carbons (Fsp3) is 0.300. The summed E-state index contributed by atoms with van der Waals surface area (Å²) in [6, 6.07) is 3.21. The van der Waals surface area contributed by atoms with E-state index < -0.39 is 11.6 Å². The average molecular weight is 251 g/mol. The molecule has 1 aromatic rings. The van der Waals surface area contributed by atoms with E-state index in [1.807, 2.05) is 0 Å². The molecule has 0 fully saturated rings. The van der Waals surface area contributed by atoms with Crippen molar-refractivity contribution in [2.45, 2.75) is 12.8 Å². The Hall–Kier alpha value is -1.20. The Morgan fingerprint density at radius 1 is 1.31 bits per heavy atom.